The molecule has 1 heterocycles. The Labute approximate surface area is 276 Å². The van der Waals surface area contributed by atoms with E-state index in [4.69, 9.17) is 9.47 Å². The highest BCUT2D eigenvalue weighted by Crippen LogP contribution is 2.21. The molecule has 0 spiro atoms. The second kappa shape index (κ2) is 19.5. The average Bonchev–Trinajstić information content (AvgIpc) is 3.42. The normalized spacial score (nSPS) is 15.4. The number of Topliss-reactive ketones (excluding diaryl/α,β-unsaturated/α-hetero) is 1. The Morgan fingerprint density at radius 1 is 0.957 bits per heavy atom. The van der Waals surface area contributed by atoms with Gasteiger partial charge in [-0.05, 0) is 55.3 Å². The summed E-state index contributed by atoms with van der Waals surface area (Å²) in [5.41, 5.74) is 2.91. The molecule has 0 saturated carbocycles. The molecule has 1 aliphatic rings. The van der Waals surface area contributed by atoms with Crippen LogP contribution in [0.1, 0.15) is 68.9 Å². The number of aryl methyl sites for hydroxylation is 1. The van der Waals surface area contributed by atoms with Crippen LogP contribution < -0.4 is 15.5 Å². The van der Waals surface area contributed by atoms with E-state index >= 15 is 0 Å². The van der Waals surface area contributed by atoms with Gasteiger partial charge in [0, 0.05) is 24.6 Å². The van der Waals surface area contributed by atoms with Crippen molar-refractivity contribution in [3.05, 3.63) is 95.6 Å². The van der Waals surface area contributed by atoms with Gasteiger partial charge in [0.1, 0.15) is 17.8 Å². The number of benzene rings is 3. The first kappa shape index (κ1) is 38.2. The zero-order valence-electron chi connectivity index (χ0n) is 27.8. The highest BCUT2D eigenvalue weighted by atomic mass is 16.7. The SMILES string of the molecule is CC.CC(=O)C(CN(C(C)=O)c1ccccc1C)NC(=O)c1ccc(O)cc1.CCC(=O)NC1CC(=O)OC1OCc1ccccc1. The number of phenolic OH excluding ortho intramolecular Hbond substituents is 1. The summed E-state index contributed by atoms with van der Waals surface area (Å²) < 4.78 is 10.6. The lowest BCUT2D eigenvalue weighted by Gasteiger charge is -2.27. The van der Waals surface area contributed by atoms with Gasteiger partial charge in [0.15, 0.2) is 5.78 Å². The number of para-hydroxylation sites is 1. The number of esters is 1. The highest BCUT2D eigenvalue weighted by Gasteiger charge is 2.36. The zero-order chi connectivity index (χ0) is 34.9. The number of ether oxygens (including phenoxy) is 2. The zero-order valence-corrected chi connectivity index (χ0v) is 27.8. The molecule has 3 aromatic carbocycles. The lowest BCUT2D eigenvalue weighted by atomic mass is 10.1. The van der Waals surface area contributed by atoms with Gasteiger partial charge in [-0.2, -0.15) is 0 Å². The van der Waals surface area contributed by atoms with Gasteiger partial charge in [-0.15, -0.1) is 0 Å². The summed E-state index contributed by atoms with van der Waals surface area (Å²) in [6.07, 6.45) is -0.176. The van der Waals surface area contributed by atoms with Crippen LogP contribution >= 0.6 is 0 Å². The maximum Gasteiger partial charge on any atom is 0.310 e. The minimum Gasteiger partial charge on any atom is -0.508 e. The Balaban J connectivity index is 0.000000324. The van der Waals surface area contributed by atoms with Crippen LogP contribution in [-0.4, -0.2) is 59.5 Å². The lowest BCUT2D eigenvalue weighted by molar-refractivity contribution is -0.168. The van der Waals surface area contributed by atoms with E-state index < -0.39 is 24.3 Å². The van der Waals surface area contributed by atoms with Gasteiger partial charge in [-0.3, -0.25) is 24.0 Å². The van der Waals surface area contributed by atoms with Gasteiger partial charge in [0.05, 0.1) is 19.6 Å². The first-order valence-electron chi connectivity index (χ1n) is 15.6. The molecule has 11 nitrogen and oxygen atoms in total. The fourth-order valence-electron chi connectivity index (χ4n) is 4.44. The van der Waals surface area contributed by atoms with Gasteiger partial charge in [0.2, 0.25) is 18.1 Å². The predicted octanol–water partition coefficient (Wildman–Crippen LogP) is 4.84. The van der Waals surface area contributed by atoms with E-state index in [-0.39, 0.29) is 42.3 Å². The van der Waals surface area contributed by atoms with Crippen molar-refractivity contribution in [3.8, 4) is 5.75 Å². The molecule has 11 heteroatoms. The number of amides is 3. The molecule has 3 atom stereocenters. The molecule has 3 unspecified atom stereocenters. The summed E-state index contributed by atoms with van der Waals surface area (Å²) in [5.74, 6) is -1.33. The number of carbonyl (C=O) groups excluding carboxylic acids is 5. The summed E-state index contributed by atoms with van der Waals surface area (Å²) in [7, 11) is 0. The standard InChI is InChI=1S/C20H22N2O4.C14H17NO4.C2H6/c1-13-6-4-5-7-19(13)22(15(3)24)12-18(14(2)23)21-20(26)16-8-10-17(25)11-9-16;1-2-12(16)15-11-8-13(17)19-14(11)18-9-10-6-4-3-5-7-10;1-2/h4-11,18,25H,12H2,1-3H3,(H,21,26);3-7,11,14H,2,8-9H2,1H3,(H,15,16);1-2H3. The third kappa shape index (κ3) is 12.4. The Morgan fingerprint density at radius 3 is 2.15 bits per heavy atom. The first-order chi connectivity index (χ1) is 22.5. The summed E-state index contributed by atoms with van der Waals surface area (Å²) >= 11 is 0. The second-order valence-corrected chi connectivity index (χ2v) is 10.5. The molecule has 1 saturated heterocycles. The second-order valence-electron chi connectivity index (χ2n) is 10.5. The number of nitrogens with one attached hydrogen (secondary N) is 2. The van der Waals surface area contributed by atoms with Crippen molar-refractivity contribution in [3.63, 3.8) is 0 Å². The quantitative estimate of drug-likeness (QED) is 0.250. The van der Waals surface area contributed by atoms with Crippen LogP contribution in [0.4, 0.5) is 5.69 Å². The van der Waals surface area contributed by atoms with E-state index in [1.54, 1.807) is 13.0 Å². The van der Waals surface area contributed by atoms with E-state index in [1.165, 1.54) is 43.0 Å². The molecule has 1 fully saturated rings. The van der Waals surface area contributed by atoms with Crippen LogP contribution in [0.2, 0.25) is 0 Å². The van der Waals surface area contributed by atoms with Gasteiger partial charge >= 0.3 is 5.97 Å². The number of aromatic hydroxyl groups is 1. The third-order valence-electron chi connectivity index (χ3n) is 6.96. The number of anilines is 1. The monoisotopic (exact) mass is 647 g/mol. The van der Waals surface area contributed by atoms with Crippen molar-refractivity contribution >= 4 is 35.2 Å². The molecular formula is C36H45N3O8. The van der Waals surface area contributed by atoms with Crippen LogP contribution in [0, 0.1) is 6.92 Å². The average molecular weight is 648 g/mol. The maximum atomic E-state index is 12.4. The van der Waals surface area contributed by atoms with Crippen molar-refractivity contribution in [1.29, 1.82) is 0 Å². The predicted molar refractivity (Wildman–Crippen MR) is 179 cm³/mol. The Bertz CT molecular complexity index is 1480. The van der Waals surface area contributed by atoms with E-state index in [0.717, 1.165) is 11.1 Å². The molecule has 0 aliphatic carbocycles. The molecule has 0 aromatic heterocycles. The van der Waals surface area contributed by atoms with Crippen molar-refractivity contribution in [2.45, 2.75) is 79.4 Å². The van der Waals surface area contributed by atoms with Crippen molar-refractivity contribution < 1.29 is 38.6 Å². The largest absolute Gasteiger partial charge is 0.508 e. The maximum absolute atomic E-state index is 12.4. The Hall–Kier alpha value is -5.03. The molecule has 3 aromatic rings. The molecule has 3 amide bonds. The van der Waals surface area contributed by atoms with E-state index in [2.05, 4.69) is 10.6 Å². The Morgan fingerprint density at radius 2 is 1.57 bits per heavy atom. The van der Waals surface area contributed by atoms with Gasteiger partial charge in [0.25, 0.3) is 5.91 Å². The number of hydrogen-bond acceptors (Lipinski definition) is 8. The van der Waals surface area contributed by atoms with Crippen LogP contribution in [-0.2, 0) is 35.3 Å². The van der Waals surface area contributed by atoms with E-state index in [0.29, 0.717) is 24.3 Å². The number of hydrogen-bond donors (Lipinski definition) is 3. The molecule has 252 valence electrons. The van der Waals surface area contributed by atoms with Crippen molar-refractivity contribution in [2.75, 3.05) is 11.4 Å². The van der Waals surface area contributed by atoms with Gasteiger partial charge in [-0.25, -0.2) is 0 Å². The summed E-state index contributed by atoms with van der Waals surface area (Å²) in [6, 6.07) is 21.4. The minimum atomic E-state index is -0.847. The summed E-state index contributed by atoms with van der Waals surface area (Å²) in [5, 5.41) is 14.7. The van der Waals surface area contributed by atoms with Crippen LogP contribution in [0.5, 0.6) is 5.75 Å². The molecule has 0 radical (unpaired) electrons. The number of nitrogens with zero attached hydrogens (tertiary/aromatic N) is 1. The fourth-order valence-corrected chi connectivity index (χ4v) is 4.44. The number of rotatable bonds is 11. The van der Waals surface area contributed by atoms with Crippen LogP contribution in [0.3, 0.4) is 0 Å². The molecule has 3 N–H and O–H groups in total. The van der Waals surface area contributed by atoms with Crippen molar-refractivity contribution in [1.82, 2.24) is 10.6 Å². The topological polar surface area (TPSA) is 151 Å². The van der Waals surface area contributed by atoms with E-state index in [1.807, 2.05) is 69.3 Å². The number of phenols is 1. The molecule has 47 heavy (non-hydrogen) atoms. The highest BCUT2D eigenvalue weighted by molar-refractivity contribution is 5.99. The van der Waals surface area contributed by atoms with Crippen LogP contribution in [0.25, 0.3) is 0 Å². The number of carbonyl (C=O) groups is 5. The molecule has 4 rings (SSSR count). The van der Waals surface area contributed by atoms with E-state index in [9.17, 15) is 29.1 Å². The fraction of sp³-hybridized carbons (Fsp3) is 0.361. The summed E-state index contributed by atoms with van der Waals surface area (Å²) in [6.45, 7) is 10.8. The smallest absolute Gasteiger partial charge is 0.310 e. The third-order valence-corrected chi connectivity index (χ3v) is 6.96. The minimum absolute atomic E-state index is 0.0410. The molecular weight excluding hydrogens is 602 g/mol. The summed E-state index contributed by atoms with van der Waals surface area (Å²) in [4.78, 5) is 60.7. The molecule has 1 aliphatic heterocycles. The van der Waals surface area contributed by atoms with Crippen LogP contribution in [0.15, 0.2) is 78.9 Å². The number of ketones is 1. The number of cyclic esters (lactones) is 1. The molecule has 0 bridgehead atoms. The van der Waals surface area contributed by atoms with Gasteiger partial charge in [-0.1, -0.05) is 69.3 Å². The van der Waals surface area contributed by atoms with Gasteiger partial charge < -0.3 is 30.1 Å². The lowest BCUT2D eigenvalue weighted by Crippen LogP contribution is -2.49. The Kier molecular flexibility index (Phi) is 15.8. The van der Waals surface area contributed by atoms with Crippen molar-refractivity contribution in [2.24, 2.45) is 0 Å². The first-order valence-corrected chi connectivity index (χ1v) is 15.6.